The van der Waals surface area contributed by atoms with Crippen molar-refractivity contribution >= 4 is 33.2 Å². The monoisotopic (exact) mass is 488 g/mol. The van der Waals surface area contributed by atoms with Gasteiger partial charge in [0.15, 0.2) is 5.82 Å². The molecule has 0 fully saturated rings. The van der Waals surface area contributed by atoms with Gasteiger partial charge in [0.25, 0.3) is 15.9 Å². The highest BCUT2D eigenvalue weighted by Crippen LogP contribution is 2.33. The quantitative estimate of drug-likeness (QED) is 0.599. The van der Waals surface area contributed by atoms with Gasteiger partial charge in [0, 0.05) is 19.8 Å². The summed E-state index contributed by atoms with van der Waals surface area (Å²) in [6.07, 6.45) is 1.40. The van der Waals surface area contributed by atoms with Gasteiger partial charge in [-0.25, -0.2) is 13.4 Å². The fourth-order valence-corrected chi connectivity index (χ4v) is 5.00. The van der Waals surface area contributed by atoms with Crippen molar-refractivity contribution in [2.75, 3.05) is 18.3 Å². The average Bonchev–Trinajstić information content (AvgIpc) is 3.17. The van der Waals surface area contributed by atoms with Crippen LogP contribution in [0.2, 0.25) is 5.02 Å². The lowest BCUT2D eigenvalue weighted by Gasteiger charge is -2.29. The number of fused-ring (bicyclic) bond motifs is 1. The number of benzene rings is 1. The second-order valence-electron chi connectivity index (χ2n) is 9.18. The Bertz CT molecular complexity index is 1330. The third kappa shape index (κ3) is 4.32. The van der Waals surface area contributed by atoms with Crippen LogP contribution < -0.4 is 4.72 Å². The number of nitrogens with zero attached hydrogens (tertiary/aromatic N) is 5. The number of anilines is 1. The van der Waals surface area contributed by atoms with E-state index < -0.39 is 10.0 Å². The third-order valence-electron chi connectivity index (χ3n) is 5.55. The molecule has 0 radical (unpaired) electrons. The fraction of sp³-hybridized carbons (Fsp3) is 0.364. The van der Waals surface area contributed by atoms with E-state index in [9.17, 15) is 13.2 Å². The van der Waals surface area contributed by atoms with E-state index >= 15 is 0 Å². The minimum Gasteiger partial charge on any atom is -0.337 e. The van der Waals surface area contributed by atoms with Gasteiger partial charge in [-0.05, 0) is 36.1 Å². The molecule has 0 saturated carbocycles. The predicted molar refractivity (Wildman–Crippen MR) is 126 cm³/mol. The Balaban J connectivity index is 1.75. The Hall–Kier alpha value is -2.98. The van der Waals surface area contributed by atoms with Crippen LogP contribution in [0.3, 0.4) is 0 Å². The van der Waals surface area contributed by atoms with Crippen molar-refractivity contribution < 1.29 is 13.2 Å². The molecule has 0 spiro atoms. The molecular formula is C22H25ClN6O3S. The molecule has 11 heteroatoms. The molecule has 1 aromatic carbocycles. The summed E-state index contributed by atoms with van der Waals surface area (Å²) in [7, 11) is -2.25. The lowest BCUT2D eigenvalue weighted by atomic mass is 9.87. The van der Waals surface area contributed by atoms with Crippen LogP contribution in [0.4, 0.5) is 5.69 Å². The van der Waals surface area contributed by atoms with Crippen molar-refractivity contribution in [2.45, 2.75) is 44.0 Å². The van der Waals surface area contributed by atoms with Gasteiger partial charge in [0.05, 0.1) is 21.6 Å². The highest BCUT2D eigenvalue weighted by molar-refractivity contribution is 7.92. The molecule has 0 bridgehead atoms. The summed E-state index contributed by atoms with van der Waals surface area (Å²) >= 11 is 6.14. The molecule has 1 atom stereocenters. The normalized spacial score (nSPS) is 16.6. The summed E-state index contributed by atoms with van der Waals surface area (Å²) in [5.74, 6) is 0.202. The van der Waals surface area contributed by atoms with Crippen LogP contribution in [0.25, 0.3) is 11.5 Å². The largest absolute Gasteiger partial charge is 0.337 e. The number of amides is 1. The molecule has 0 saturated heterocycles. The second-order valence-corrected chi connectivity index (χ2v) is 11.3. The van der Waals surface area contributed by atoms with Gasteiger partial charge in [-0.2, -0.15) is 0 Å². The summed E-state index contributed by atoms with van der Waals surface area (Å²) in [6.45, 7) is 8.56. The van der Waals surface area contributed by atoms with Crippen LogP contribution in [0.5, 0.6) is 0 Å². The Morgan fingerprint density at radius 2 is 1.76 bits per heavy atom. The molecular weight excluding hydrogens is 464 g/mol. The van der Waals surface area contributed by atoms with E-state index in [0.717, 1.165) is 5.56 Å². The van der Waals surface area contributed by atoms with Crippen LogP contribution in [0.15, 0.2) is 41.4 Å². The number of halogens is 1. The first kappa shape index (κ1) is 23.2. The van der Waals surface area contributed by atoms with Gasteiger partial charge < -0.3 is 4.90 Å². The molecule has 2 aromatic heterocycles. The molecule has 1 aliphatic heterocycles. The lowest BCUT2D eigenvalue weighted by Crippen LogP contribution is -2.40. The molecule has 1 N–H and O–H groups in total. The maximum Gasteiger partial charge on any atom is 0.291 e. The van der Waals surface area contributed by atoms with Gasteiger partial charge in [-0.3, -0.25) is 14.1 Å². The molecule has 9 nitrogen and oxygen atoms in total. The fourth-order valence-electron chi connectivity index (χ4n) is 3.78. The number of pyridine rings is 1. The summed E-state index contributed by atoms with van der Waals surface area (Å²) in [4.78, 5) is 18.5. The number of aromatic nitrogens is 4. The predicted octanol–water partition coefficient (Wildman–Crippen LogP) is 3.74. The topological polar surface area (TPSA) is 110 Å². The van der Waals surface area contributed by atoms with E-state index in [1.807, 2.05) is 6.92 Å². The summed E-state index contributed by atoms with van der Waals surface area (Å²) in [5.41, 5.74) is 1.30. The van der Waals surface area contributed by atoms with E-state index in [4.69, 9.17) is 11.6 Å². The lowest BCUT2D eigenvalue weighted by molar-refractivity contribution is 0.0717. The van der Waals surface area contributed by atoms with Gasteiger partial charge in [0.1, 0.15) is 5.69 Å². The first-order valence-corrected chi connectivity index (χ1v) is 12.2. The van der Waals surface area contributed by atoms with Gasteiger partial charge in [-0.1, -0.05) is 44.5 Å². The van der Waals surface area contributed by atoms with E-state index in [2.05, 4.69) is 40.7 Å². The van der Waals surface area contributed by atoms with Crippen LogP contribution in [0, 0.1) is 0 Å². The van der Waals surface area contributed by atoms with Crippen molar-refractivity contribution in [3.63, 3.8) is 0 Å². The van der Waals surface area contributed by atoms with Crippen molar-refractivity contribution in [3.05, 3.63) is 52.9 Å². The van der Waals surface area contributed by atoms with Gasteiger partial charge in [0.2, 0.25) is 5.82 Å². The number of hydrogen-bond donors (Lipinski definition) is 1. The highest BCUT2D eigenvalue weighted by atomic mass is 35.5. The maximum absolute atomic E-state index is 13.2. The van der Waals surface area contributed by atoms with Crippen molar-refractivity contribution in [2.24, 2.45) is 0 Å². The number of sulfonamides is 1. The maximum atomic E-state index is 13.2. The molecule has 3 heterocycles. The highest BCUT2D eigenvalue weighted by Gasteiger charge is 2.33. The molecule has 33 heavy (non-hydrogen) atoms. The summed E-state index contributed by atoms with van der Waals surface area (Å²) < 4.78 is 30.6. The minimum absolute atomic E-state index is 0.102. The van der Waals surface area contributed by atoms with Gasteiger partial charge >= 0.3 is 0 Å². The van der Waals surface area contributed by atoms with E-state index in [1.165, 1.54) is 12.3 Å². The Labute approximate surface area is 197 Å². The Morgan fingerprint density at radius 3 is 2.39 bits per heavy atom. The van der Waals surface area contributed by atoms with E-state index in [1.54, 1.807) is 40.8 Å². The second kappa shape index (κ2) is 8.11. The number of carbonyl (C=O) groups is 1. The average molecular weight is 489 g/mol. The van der Waals surface area contributed by atoms with Gasteiger partial charge in [-0.15, -0.1) is 10.2 Å². The smallest absolute Gasteiger partial charge is 0.291 e. The number of rotatable bonds is 4. The standard InChI is InChI=1S/C22H25ClN6O3S/c1-13-12-28(5)21(30)20-26-25-19(29(13)20)18-17(10-15(23)11-24-18)27-33(31,32)16-8-6-14(7-9-16)22(2,3)4/h6-11,13,27H,12H2,1-5H3. The minimum atomic E-state index is -3.94. The molecule has 1 aliphatic rings. The number of nitrogens with one attached hydrogen (secondary N) is 1. The number of carbonyl (C=O) groups excluding carboxylic acids is 1. The summed E-state index contributed by atoms with van der Waals surface area (Å²) in [6, 6.07) is 8.06. The summed E-state index contributed by atoms with van der Waals surface area (Å²) in [5, 5.41) is 8.45. The molecule has 3 aromatic rings. The number of likely N-dealkylation sites (N-methyl/N-ethyl adjacent to an activating group) is 1. The first-order chi connectivity index (χ1) is 15.4. The number of hydrogen-bond acceptors (Lipinski definition) is 6. The molecule has 0 aliphatic carbocycles. The van der Waals surface area contributed by atoms with Crippen LogP contribution in [-0.2, 0) is 15.4 Å². The zero-order valence-corrected chi connectivity index (χ0v) is 20.6. The van der Waals surface area contributed by atoms with Crippen molar-refractivity contribution in [1.29, 1.82) is 0 Å². The first-order valence-electron chi connectivity index (χ1n) is 10.4. The molecule has 174 valence electrons. The SMILES string of the molecule is CC1CN(C)C(=O)c2nnc(-c3ncc(Cl)cc3NS(=O)(=O)c3ccc(C(C)(C)C)cc3)n21. The zero-order valence-electron chi connectivity index (χ0n) is 19.0. The third-order valence-corrected chi connectivity index (χ3v) is 7.14. The van der Waals surface area contributed by atoms with Crippen molar-refractivity contribution in [1.82, 2.24) is 24.6 Å². The molecule has 1 amide bonds. The Morgan fingerprint density at radius 1 is 1.12 bits per heavy atom. The molecule has 1 unspecified atom stereocenters. The van der Waals surface area contributed by atoms with Crippen LogP contribution in [-0.4, -0.2) is 52.6 Å². The van der Waals surface area contributed by atoms with Crippen molar-refractivity contribution in [3.8, 4) is 11.5 Å². The zero-order chi connectivity index (χ0) is 24.1. The van der Waals surface area contributed by atoms with E-state index in [0.29, 0.717) is 6.54 Å². The van der Waals surface area contributed by atoms with Crippen LogP contribution in [0.1, 0.15) is 49.9 Å². The van der Waals surface area contributed by atoms with Crippen LogP contribution >= 0.6 is 11.6 Å². The molecule has 4 rings (SSSR count). The Kier molecular flexibility index (Phi) is 5.69. The van der Waals surface area contributed by atoms with E-state index in [-0.39, 0.29) is 50.3 Å².